The normalized spacial score (nSPS) is 39.4. The quantitative estimate of drug-likeness (QED) is 0.835. The zero-order valence-electron chi connectivity index (χ0n) is 12.8. The Hall–Kier alpha value is -0.610. The Morgan fingerprint density at radius 3 is 2.50 bits per heavy atom. The van der Waals surface area contributed by atoms with E-state index in [2.05, 4.69) is 16.7 Å². The highest BCUT2D eigenvalue weighted by Gasteiger charge is 2.46. The van der Waals surface area contributed by atoms with Gasteiger partial charge >= 0.3 is 0 Å². The summed E-state index contributed by atoms with van der Waals surface area (Å²) in [5.74, 6) is 0.325. The van der Waals surface area contributed by atoms with Gasteiger partial charge in [0.1, 0.15) is 0 Å². The van der Waals surface area contributed by atoms with Gasteiger partial charge in [-0.05, 0) is 58.5 Å². The summed E-state index contributed by atoms with van der Waals surface area (Å²) < 4.78 is 0. The van der Waals surface area contributed by atoms with Gasteiger partial charge in [-0.25, -0.2) is 0 Å². The van der Waals surface area contributed by atoms with E-state index in [4.69, 9.17) is 5.73 Å². The van der Waals surface area contributed by atoms with Gasteiger partial charge in [0.05, 0.1) is 5.41 Å². The smallest absolute Gasteiger partial charge is 0.230 e. The first-order valence-corrected chi connectivity index (χ1v) is 8.40. The monoisotopic (exact) mass is 279 g/mol. The third kappa shape index (κ3) is 2.48. The Labute approximate surface area is 122 Å². The lowest BCUT2D eigenvalue weighted by Crippen LogP contribution is -2.55. The number of carbonyl (C=O) groups excluding carboxylic acids is 1. The van der Waals surface area contributed by atoms with Crippen LogP contribution in [0.3, 0.4) is 0 Å². The average molecular weight is 279 g/mol. The van der Waals surface area contributed by atoms with Crippen molar-refractivity contribution in [3.05, 3.63) is 0 Å². The van der Waals surface area contributed by atoms with Crippen molar-refractivity contribution in [3.63, 3.8) is 0 Å². The second kappa shape index (κ2) is 5.64. The Morgan fingerprint density at radius 2 is 1.85 bits per heavy atom. The number of amides is 1. The molecule has 3 atom stereocenters. The fraction of sp³-hybridized carbons (Fsp3) is 0.938. The largest absolute Gasteiger partial charge is 0.341 e. The lowest BCUT2D eigenvalue weighted by atomic mass is 9.83. The SMILES string of the molecule is CC1(C(=O)N2CCCC(N3CCCC3)C2)CCCC1N. The Morgan fingerprint density at radius 1 is 1.10 bits per heavy atom. The number of hydrogen-bond donors (Lipinski definition) is 1. The molecule has 2 N–H and O–H groups in total. The summed E-state index contributed by atoms with van der Waals surface area (Å²) >= 11 is 0. The molecule has 4 heteroatoms. The molecule has 0 aromatic rings. The second-order valence-corrected chi connectivity index (χ2v) is 7.21. The fourth-order valence-electron chi connectivity index (χ4n) is 4.36. The molecule has 3 rings (SSSR count). The molecule has 0 bridgehead atoms. The lowest BCUT2D eigenvalue weighted by Gasteiger charge is -2.41. The molecule has 4 nitrogen and oxygen atoms in total. The number of carbonyl (C=O) groups is 1. The predicted molar refractivity (Wildman–Crippen MR) is 80.3 cm³/mol. The van der Waals surface area contributed by atoms with Crippen LogP contribution in [0.1, 0.15) is 51.9 Å². The Kier molecular flexibility index (Phi) is 4.04. The molecule has 2 aliphatic heterocycles. The molecule has 2 saturated heterocycles. The maximum atomic E-state index is 12.9. The van der Waals surface area contributed by atoms with Crippen molar-refractivity contribution in [2.24, 2.45) is 11.1 Å². The number of hydrogen-bond acceptors (Lipinski definition) is 3. The van der Waals surface area contributed by atoms with Gasteiger partial charge in [0, 0.05) is 25.2 Å². The molecular weight excluding hydrogens is 250 g/mol. The van der Waals surface area contributed by atoms with Crippen LogP contribution in [0, 0.1) is 5.41 Å². The van der Waals surface area contributed by atoms with Crippen LogP contribution in [-0.2, 0) is 4.79 Å². The van der Waals surface area contributed by atoms with Crippen LogP contribution in [0.25, 0.3) is 0 Å². The molecule has 20 heavy (non-hydrogen) atoms. The van der Waals surface area contributed by atoms with E-state index in [1.165, 1.54) is 32.4 Å². The molecule has 2 heterocycles. The minimum Gasteiger partial charge on any atom is -0.341 e. The molecule has 1 saturated carbocycles. The Bertz CT molecular complexity index is 367. The molecule has 0 spiro atoms. The van der Waals surface area contributed by atoms with Crippen LogP contribution in [0.4, 0.5) is 0 Å². The van der Waals surface area contributed by atoms with Crippen molar-refractivity contribution < 1.29 is 4.79 Å². The summed E-state index contributed by atoms with van der Waals surface area (Å²) in [6.07, 6.45) is 8.14. The summed E-state index contributed by atoms with van der Waals surface area (Å²) in [4.78, 5) is 17.6. The standard InChI is InChI=1S/C16H29N3O/c1-16(8-4-7-14(16)17)15(20)19-11-5-6-13(12-19)18-9-2-3-10-18/h13-14H,2-12,17H2,1H3. The van der Waals surface area contributed by atoms with Crippen molar-refractivity contribution in [2.45, 2.75) is 64.0 Å². The summed E-state index contributed by atoms with van der Waals surface area (Å²) in [6, 6.07) is 0.651. The first-order valence-electron chi connectivity index (χ1n) is 8.40. The highest BCUT2D eigenvalue weighted by molar-refractivity contribution is 5.83. The van der Waals surface area contributed by atoms with Gasteiger partial charge in [0.15, 0.2) is 0 Å². The van der Waals surface area contributed by atoms with Crippen LogP contribution in [0.15, 0.2) is 0 Å². The van der Waals surface area contributed by atoms with E-state index in [1.807, 2.05) is 0 Å². The number of nitrogens with two attached hydrogens (primary N) is 1. The van der Waals surface area contributed by atoms with E-state index < -0.39 is 0 Å². The van der Waals surface area contributed by atoms with E-state index in [0.29, 0.717) is 11.9 Å². The van der Waals surface area contributed by atoms with E-state index in [9.17, 15) is 4.79 Å². The second-order valence-electron chi connectivity index (χ2n) is 7.21. The summed E-state index contributed by atoms with van der Waals surface area (Å²) in [6.45, 7) is 6.41. The van der Waals surface area contributed by atoms with Crippen molar-refractivity contribution in [1.29, 1.82) is 0 Å². The van der Waals surface area contributed by atoms with Crippen LogP contribution in [0.2, 0.25) is 0 Å². The molecular formula is C16H29N3O. The van der Waals surface area contributed by atoms with E-state index in [0.717, 1.165) is 38.8 Å². The van der Waals surface area contributed by atoms with Crippen LogP contribution in [0.5, 0.6) is 0 Å². The zero-order chi connectivity index (χ0) is 14.2. The maximum Gasteiger partial charge on any atom is 0.230 e. The minimum absolute atomic E-state index is 0.0576. The van der Waals surface area contributed by atoms with Crippen LogP contribution in [-0.4, -0.2) is 54.0 Å². The third-order valence-electron chi connectivity index (χ3n) is 5.86. The molecule has 1 amide bonds. The highest BCUT2D eigenvalue weighted by atomic mass is 16.2. The van der Waals surface area contributed by atoms with Crippen molar-refractivity contribution in [1.82, 2.24) is 9.80 Å². The third-order valence-corrected chi connectivity index (χ3v) is 5.86. The minimum atomic E-state index is -0.299. The molecule has 0 aromatic heterocycles. The average Bonchev–Trinajstić information content (AvgIpc) is 3.10. The Balaban J connectivity index is 1.65. The van der Waals surface area contributed by atoms with Gasteiger partial charge in [0.2, 0.25) is 5.91 Å². The van der Waals surface area contributed by atoms with Gasteiger partial charge in [-0.15, -0.1) is 0 Å². The number of rotatable bonds is 2. The molecule has 114 valence electrons. The van der Waals surface area contributed by atoms with Gasteiger partial charge in [-0.3, -0.25) is 9.69 Å². The van der Waals surface area contributed by atoms with Crippen molar-refractivity contribution in [3.8, 4) is 0 Å². The fourth-order valence-corrected chi connectivity index (χ4v) is 4.36. The first-order chi connectivity index (χ1) is 9.61. The topological polar surface area (TPSA) is 49.6 Å². The van der Waals surface area contributed by atoms with Gasteiger partial charge in [-0.2, -0.15) is 0 Å². The summed E-state index contributed by atoms with van der Waals surface area (Å²) in [5.41, 5.74) is 5.92. The predicted octanol–water partition coefficient (Wildman–Crippen LogP) is 1.59. The van der Waals surface area contributed by atoms with E-state index >= 15 is 0 Å². The summed E-state index contributed by atoms with van der Waals surface area (Å²) in [7, 11) is 0. The molecule has 3 aliphatic rings. The number of piperidine rings is 1. The van der Waals surface area contributed by atoms with Gasteiger partial charge < -0.3 is 10.6 Å². The number of likely N-dealkylation sites (tertiary alicyclic amines) is 2. The molecule has 0 radical (unpaired) electrons. The molecule has 3 fully saturated rings. The molecule has 0 aromatic carbocycles. The van der Waals surface area contributed by atoms with Crippen LogP contribution < -0.4 is 5.73 Å². The van der Waals surface area contributed by atoms with E-state index in [-0.39, 0.29) is 11.5 Å². The van der Waals surface area contributed by atoms with Gasteiger partial charge in [0.25, 0.3) is 0 Å². The molecule has 3 unspecified atom stereocenters. The van der Waals surface area contributed by atoms with Crippen LogP contribution >= 0.6 is 0 Å². The molecule has 1 aliphatic carbocycles. The lowest BCUT2D eigenvalue weighted by molar-refractivity contribution is -0.143. The van der Waals surface area contributed by atoms with Crippen molar-refractivity contribution in [2.75, 3.05) is 26.2 Å². The van der Waals surface area contributed by atoms with E-state index in [1.54, 1.807) is 0 Å². The summed E-state index contributed by atoms with van der Waals surface area (Å²) in [5, 5.41) is 0. The first kappa shape index (κ1) is 14.3. The maximum absolute atomic E-state index is 12.9. The number of nitrogens with zero attached hydrogens (tertiary/aromatic N) is 2. The van der Waals surface area contributed by atoms with Gasteiger partial charge in [-0.1, -0.05) is 6.42 Å². The van der Waals surface area contributed by atoms with Crippen molar-refractivity contribution >= 4 is 5.91 Å². The highest BCUT2D eigenvalue weighted by Crippen LogP contribution is 2.39. The zero-order valence-corrected chi connectivity index (χ0v) is 12.8.